The average molecular weight is 275 g/mol. The van der Waals surface area contributed by atoms with Crippen molar-refractivity contribution in [2.75, 3.05) is 26.2 Å². The summed E-state index contributed by atoms with van der Waals surface area (Å²) in [6, 6.07) is 8.11. The number of hydrogen-bond acceptors (Lipinski definition) is 3. The van der Waals surface area contributed by atoms with Crippen LogP contribution in [0.25, 0.3) is 0 Å². The molecule has 0 aliphatic heterocycles. The lowest BCUT2D eigenvalue weighted by atomic mass is 9.91. The third-order valence-electron chi connectivity index (χ3n) is 4.42. The molecule has 0 spiro atoms. The van der Waals surface area contributed by atoms with Crippen LogP contribution >= 0.6 is 0 Å². The molecule has 0 bridgehead atoms. The van der Waals surface area contributed by atoms with Gasteiger partial charge in [-0.3, -0.25) is 10.1 Å². The highest BCUT2D eigenvalue weighted by Gasteiger charge is 2.43. The lowest BCUT2D eigenvalue weighted by Gasteiger charge is -2.30. The molecular weight excluding hydrogens is 250 g/mol. The van der Waals surface area contributed by atoms with Crippen LogP contribution in [0.5, 0.6) is 0 Å². The van der Waals surface area contributed by atoms with Gasteiger partial charge in [-0.05, 0) is 37.1 Å². The van der Waals surface area contributed by atoms with E-state index in [4.69, 9.17) is 5.73 Å². The number of carbonyl (C=O) groups is 1. The number of hydrogen-bond donors (Lipinski definition) is 2. The fraction of sp³-hybridized carbons (Fsp3) is 0.562. The van der Waals surface area contributed by atoms with Crippen LogP contribution in [0.3, 0.4) is 0 Å². The van der Waals surface area contributed by atoms with Gasteiger partial charge in [-0.15, -0.1) is 0 Å². The van der Waals surface area contributed by atoms with Gasteiger partial charge in [0, 0.05) is 13.1 Å². The van der Waals surface area contributed by atoms with Gasteiger partial charge in [-0.2, -0.15) is 0 Å². The summed E-state index contributed by atoms with van der Waals surface area (Å²) in [6.45, 7) is 8.07. The van der Waals surface area contributed by atoms with E-state index >= 15 is 0 Å². The Hall–Kier alpha value is -1.39. The third-order valence-corrected chi connectivity index (χ3v) is 4.42. The number of nitrogens with zero attached hydrogens (tertiary/aromatic N) is 1. The molecule has 0 heterocycles. The molecule has 1 aliphatic rings. The second kappa shape index (κ2) is 6.37. The van der Waals surface area contributed by atoms with Crippen molar-refractivity contribution in [3.05, 3.63) is 35.4 Å². The minimum atomic E-state index is -0.677. The van der Waals surface area contributed by atoms with Gasteiger partial charge >= 0.3 is 0 Å². The molecular formula is C16H25N3O. The monoisotopic (exact) mass is 275 g/mol. The van der Waals surface area contributed by atoms with Gasteiger partial charge in [-0.1, -0.05) is 38.1 Å². The van der Waals surface area contributed by atoms with Gasteiger partial charge in [0.1, 0.15) is 5.54 Å². The van der Waals surface area contributed by atoms with Crippen LogP contribution in [0, 0.1) is 0 Å². The minimum Gasteiger partial charge on any atom is -0.368 e. The van der Waals surface area contributed by atoms with Crippen molar-refractivity contribution in [2.45, 2.75) is 32.2 Å². The third kappa shape index (κ3) is 2.72. The zero-order valence-electron chi connectivity index (χ0n) is 12.5. The van der Waals surface area contributed by atoms with Gasteiger partial charge in [0.15, 0.2) is 0 Å². The number of benzene rings is 1. The van der Waals surface area contributed by atoms with Crippen molar-refractivity contribution in [3.8, 4) is 0 Å². The molecule has 0 fully saturated rings. The van der Waals surface area contributed by atoms with Crippen molar-refractivity contribution in [1.29, 1.82) is 0 Å². The highest BCUT2D eigenvalue weighted by molar-refractivity contribution is 5.87. The second-order valence-electron chi connectivity index (χ2n) is 5.38. The van der Waals surface area contributed by atoms with E-state index in [1.807, 2.05) is 18.2 Å². The highest BCUT2D eigenvalue weighted by Crippen LogP contribution is 2.36. The van der Waals surface area contributed by atoms with Gasteiger partial charge in [0.2, 0.25) is 5.91 Å². The number of likely N-dealkylation sites (N-methyl/N-ethyl adjacent to an activating group) is 1. The standard InChI is InChI=1S/C16H25N3O/c1-3-19(4-2)12-11-18-16(15(17)20)10-9-13-7-5-6-8-14(13)16/h5-8,18H,3-4,9-12H2,1-2H3,(H2,17,20). The number of nitrogens with two attached hydrogens (primary N) is 1. The second-order valence-corrected chi connectivity index (χ2v) is 5.38. The molecule has 1 unspecified atom stereocenters. The summed E-state index contributed by atoms with van der Waals surface area (Å²) in [5.41, 5.74) is 7.34. The molecule has 1 aromatic carbocycles. The Labute approximate surface area is 121 Å². The first-order valence-corrected chi connectivity index (χ1v) is 7.49. The van der Waals surface area contributed by atoms with Crippen molar-refractivity contribution >= 4 is 5.91 Å². The summed E-state index contributed by atoms with van der Waals surface area (Å²) < 4.78 is 0. The molecule has 4 heteroatoms. The number of carbonyl (C=O) groups excluding carboxylic acids is 1. The van der Waals surface area contributed by atoms with Crippen LogP contribution in [0.1, 0.15) is 31.4 Å². The molecule has 1 aromatic rings. The molecule has 20 heavy (non-hydrogen) atoms. The molecule has 1 atom stereocenters. The predicted molar refractivity (Wildman–Crippen MR) is 81.4 cm³/mol. The van der Waals surface area contributed by atoms with E-state index in [0.29, 0.717) is 0 Å². The Kier molecular flexibility index (Phi) is 4.78. The van der Waals surface area contributed by atoms with Crippen LogP contribution in [0.15, 0.2) is 24.3 Å². The molecule has 0 radical (unpaired) electrons. The van der Waals surface area contributed by atoms with E-state index in [1.165, 1.54) is 5.56 Å². The van der Waals surface area contributed by atoms with E-state index in [1.54, 1.807) is 0 Å². The average Bonchev–Trinajstić information content (AvgIpc) is 2.84. The minimum absolute atomic E-state index is 0.262. The largest absolute Gasteiger partial charge is 0.368 e. The summed E-state index contributed by atoms with van der Waals surface area (Å²) >= 11 is 0. The number of nitrogens with one attached hydrogen (secondary N) is 1. The summed E-state index contributed by atoms with van der Waals surface area (Å²) in [5.74, 6) is -0.262. The zero-order valence-corrected chi connectivity index (χ0v) is 12.5. The predicted octanol–water partition coefficient (Wildman–Crippen LogP) is 1.24. The van der Waals surface area contributed by atoms with Crippen molar-refractivity contribution < 1.29 is 4.79 Å². The Morgan fingerprint density at radius 3 is 2.70 bits per heavy atom. The fourth-order valence-corrected chi connectivity index (χ4v) is 3.11. The molecule has 0 saturated carbocycles. The van der Waals surface area contributed by atoms with Gasteiger partial charge < -0.3 is 10.6 Å². The Bertz CT molecular complexity index is 471. The number of rotatable bonds is 7. The first kappa shape index (κ1) is 15.0. The summed E-state index contributed by atoms with van der Waals surface area (Å²) in [7, 11) is 0. The molecule has 3 N–H and O–H groups in total. The number of fused-ring (bicyclic) bond motifs is 1. The number of primary amides is 1. The Morgan fingerprint density at radius 2 is 2.05 bits per heavy atom. The first-order chi connectivity index (χ1) is 9.64. The number of amides is 1. The normalized spacial score (nSPS) is 21.1. The summed E-state index contributed by atoms with van der Waals surface area (Å²) in [4.78, 5) is 14.4. The van der Waals surface area contributed by atoms with Crippen molar-refractivity contribution in [1.82, 2.24) is 10.2 Å². The molecule has 1 aliphatic carbocycles. The van der Waals surface area contributed by atoms with E-state index < -0.39 is 5.54 Å². The summed E-state index contributed by atoms with van der Waals surface area (Å²) in [5, 5.41) is 3.43. The SMILES string of the molecule is CCN(CC)CCNC1(C(N)=O)CCc2ccccc21. The Morgan fingerprint density at radius 1 is 1.35 bits per heavy atom. The van der Waals surface area contributed by atoms with E-state index in [2.05, 4.69) is 30.1 Å². The summed E-state index contributed by atoms with van der Waals surface area (Å²) in [6.07, 6.45) is 1.68. The van der Waals surface area contributed by atoms with Crippen molar-refractivity contribution in [2.24, 2.45) is 5.73 Å². The van der Waals surface area contributed by atoms with E-state index in [0.717, 1.165) is 44.6 Å². The fourth-order valence-electron chi connectivity index (χ4n) is 3.11. The zero-order chi connectivity index (χ0) is 14.6. The number of aryl methyl sites for hydroxylation is 1. The molecule has 4 nitrogen and oxygen atoms in total. The molecule has 0 saturated heterocycles. The smallest absolute Gasteiger partial charge is 0.242 e. The maximum Gasteiger partial charge on any atom is 0.242 e. The first-order valence-electron chi connectivity index (χ1n) is 7.49. The topological polar surface area (TPSA) is 58.4 Å². The lowest BCUT2D eigenvalue weighted by molar-refractivity contribution is -0.124. The lowest BCUT2D eigenvalue weighted by Crippen LogP contribution is -2.53. The van der Waals surface area contributed by atoms with Crippen LogP contribution < -0.4 is 11.1 Å². The maximum atomic E-state index is 12.0. The van der Waals surface area contributed by atoms with Crippen LogP contribution in [-0.4, -0.2) is 37.0 Å². The molecule has 2 rings (SSSR count). The van der Waals surface area contributed by atoms with Gasteiger partial charge in [0.05, 0.1) is 0 Å². The van der Waals surface area contributed by atoms with Gasteiger partial charge in [0.25, 0.3) is 0 Å². The molecule has 0 aromatic heterocycles. The molecule has 110 valence electrons. The van der Waals surface area contributed by atoms with Crippen LogP contribution in [0.4, 0.5) is 0 Å². The van der Waals surface area contributed by atoms with Crippen LogP contribution in [-0.2, 0) is 16.8 Å². The highest BCUT2D eigenvalue weighted by atomic mass is 16.1. The van der Waals surface area contributed by atoms with Crippen molar-refractivity contribution in [3.63, 3.8) is 0 Å². The molecule has 1 amide bonds. The quantitative estimate of drug-likeness (QED) is 0.787. The van der Waals surface area contributed by atoms with Crippen LogP contribution in [0.2, 0.25) is 0 Å². The maximum absolute atomic E-state index is 12.0. The van der Waals surface area contributed by atoms with E-state index in [9.17, 15) is 4.79 Å². The van der Waals surface area contributed by atoms with Gasteiger partial charge in [-0.25, -0.2) is 0 Å². The Balaban J connectivity index is 2.11. The van der Waals surface area contributed by atoms with E-state index in [-0.39, 0.29) is 5.91 Å².